The molecule has 0 spiro atoms. The maximum absolute atomic E-state index is 12.9. The summed E-state index contributed by atoms with van der Waals surface area (Å²) in [5.74, 6) is -0.871. The molecule has 0 radical (unpaired) electrons. The van der Waals surface area contributed by atoms with Crippen molar-refractivity contribution in [1.29, 1.82) is 0 Å². The van der Waals surface area contributed by atoms with Gasteiger partial charge < -0.3 is 15.2 Å². The van der Waals surface area contributed by atoms with Gasteiger partial charge in [-0.05, 0) is 31.7 Å². The van der Waals surface area contributed by atoms with Crippen molar-refractivity contribution in [3.8, 4) is 0 Å². The van der Waals surface area contributed by atoms with Crippen LogP contribution in [0.2, 0.25) is 0 Å². The average Bonchev–Trinajstić information content (AvgIpc) is 2.54. The van der Waals surface area contributed by atoms with E-state index in [0.717, 1.165) is 5.56 Å². The third kappa shape index (κ3) is 3.85. The zero-order valence-corrected chi connectivity index (χ0v) is 12.9. The van der Waals surface area contributed by atoms with E-state index in [9.17, 15) is 9.59 Å². The maximum Gasteiger partial charge on any atom is 0.303 e. The third-order valence-corrected chi connectivity index (χ3v) is 4.28. The zero-order chi connectivity index (χ0) is 16.0. The highest BCUT2D eigenvalue weighted by Crippen LogP contribution is 2.35. The first-order valence-corrected chi connectivity index (χ1v) is 7.70. The van der Waals surface area contributed by atoms with Gasteiger partial charge in [-0.2, -0.15) is 0 Å². The van der Waals surface area contributed by atoms with Crippen LogP contribution in [0.1, 0.15) is 38.2 Å². The van der Waals surface area contributed by atoms with Crippen molar-refractivity contribution in [1.82, 2.24) is 5.32 Å². The Labute approximate surface area is 130 Å². The lowest BCUT2D eigenvalue weighted by Crippen LogP contribution is -2.50. The summed E-state index contributed by atoms with van der Waals surface area (Å²) >= 11 is 0. The molecule has 0 aliphatic carbocycles. The number of aliphatic carboxylic acids is 1. The first-order valence-electron chi connectivity index (χ1n) is 7.70. The SMILES string of the molecule is CC(CCC(=O)O)NC(=O)C1(c2ccccc2)CCOCC1. The van der Waals surface area contributed by atoms with Crippen molar-refractivity contribution in [2.45, 2.75) is 44.1 Å². The molecular formula is C17H23NO4. The van der Waals surface area contributed by atoms with Gasteiger partial charge in [-0.15, -0.1) is 0 Å². The van der Waals surface area contributed by atoms with E-state index in [-0.39, 0.29) is 18.4 Å². The van der Waals surface area contributed by atoms with Gasteiger partial charge in [0.15, 0.2) is 0 Å². The Morgan fingerprint density at radius 2 is 1.91 bits per heavy atom. The van der Waals surface area contributed by atoms with E-state index < -0.39 is 11.4 Å². The number of carbonyl (C=O) groups excluding carboxylic acids is 1. The number of carboxylic acid groups (broad SMARTS) is 1. The Bertz CT molecular complexity index is 509. The highest BCUT2D eigenvalue weighted by molar-refractivity contribution is 5.88. The summed E-state index contributed by atoms with van der Waals surface area (Å²) in [7, 11) is 0. The molecule has 0 bridgehead atoms. The molecule has 22 heavy (non-hydrogen) atoms. The van der Waals surface area contributed by atoms with Gasteiger partial charge in [-0.1, -0.05) is 30.3 Å². The first kappa shape index (κ1) is 16.5. The summed E-state index contributed by atoms with van der Waals surface area (Å²) in [5, 5.41) is 11.7. The average molecular weight is 305 g/mol. The van der Waals surface area contributed by atoms with Gasteiger partial charge in [0.2, 0.25) is 5.91 Å². The number of benzene rings is 1. The normalized spacial score (nSPS) is 18.4. The van der Waals surface area contributed by atoms with Crippen LogP contribution >= 0.6 is 0 Å². The van der Waals surface area contributed by atoms with E-state index >= 15 is 0 Å². The molecule has 5 heteroatoms. The summed E-state index contributed by atoms with van der Waals surface area (Å²) in [5.41, 5.74) is 0.429. The topological polar surface area (TPSA) is 75.6 Å². The minimum absolute atomic E-state index is 0.0279. The second-order valence-electron chi connectivity index (χ2n) is 5.87. The van der Waals surface area contributed by atoms with Crippen LogP contribution in [0, 0.1) is 0 Å². The smallest absolute Gasteiger partial charge is 0.303 e. The lowest BCUT2D eigenvalue weighted by Gasteiger charge is -2.37. The van der Waals surface area contributed by atoms with Crippen molar-refractivity contribution >= 4 is 11.9 Å². The van der Waals surface area contributed by atoms with Crippen molar-refractivity contribution in [2.24, 2.45) is 0 Å². The van der Waals surface area contributed by atoms with Gasteiger partial charge in [0.1, 0.15) is 0 Å². The Balaban J connectivity index is 2.12. The van der Waals surface area contributed by atoms with E-state index in [2.05, 4.69) is 5.32 Å². The minimum Gasteiger partial charge on any atom is -0.481 e. The van der Waals surface area contributed by atoms with Crippen molar-refractivity contribution in [3.05, 3.63) is 35.9 Å². The molecule has 5 nitrogen and oxygen atoms in total. The molecule has 120 valence electrons. The Hall–Kier alpha value is -1.88. The number of ether oxygens (including phenoxy) is 1. The van der Waals surface area contributed by atoms with Gasteiger partial charge in [-0.25, -0.2) is 0 Å². The first-order chi connectivity index (χ1) is 10.5. The number of nitrogens with one attached hydrogen (secondary N) is 1. The van der Waals surface area contributed by atoms with E-state index in [1.807, 2.05) is 37.3 Å². The molecule has 1 saturated heterocycles. The molecule has 0 aromatic heterocycles. The molecule has 0 saturated carbocycles. The highest BCUT2D eigenvalue weighted by Gasteiger charge is 2.41. The molecule has 1 aliphatic heterocycles. The number of carbonyl (C=O) groups is 2. The van der Waals surface area contributed by atoms with Crippen molar-refractivity contribution in [3.63, 3.8) is 0 Å². The largest absolute Gasteiger partial charge is 0.481 e. The summed E-state index contributed by atoms with van der Waals surface area (Å²) in [6, 6.07) is 9.61. The van der Waals surface area contributed by atoms with Gasteiger partial charge in [0, 0.05) is 25.7 Å². The van der Waals surface area contributed by atoms with Crippen molar-refractivity contribution in [2.75, 3.05) is 13.2 Å². The molecule has 2 N–H and O–H groups in total. The lowest BCUT2D eigenvalue weighted by atomic mass is 9.73. The van der Waals surface area contributed by atoms with Crippen LogP contribution in [0.3, 0.4) is 0 Å². The number of hydrogen-bond acceptors (Lipinski definition) is 3. The number of carboxylic acids is 1. The van der Waals surface area contributed by atoms with Crippen LogP contribution in [0.5, 0.6) is 0 Å². The van der Waals surface area contributed by atoms with Gasteiger partial charge in [0.25, 0.3) is 0 Å². The summed E-state index contributed by atoms with van der Waals surface area (Å²) < 4.78 is 5.42. The van der Waals surface area contributed by atoms with Gasteiger partial charge in [-0.3, -0.25) is 9.59 Å². The van der Waals surface area contributed by atoms with E-state index in [1.165, 1.54) is 0 Å². The molecule has 1 fully saturated rings. The number of rotatable bonds is 6. The molecular weight excluding hydrogens is 282 g/mol. The minimum atomic E-state index is -0.843. The summed E-state index contributed by atoms with van der Waals surface area (Å²) in [6.07, 6.45) is 1.79. The summed E-state index contributed by atoms with van der Waals surface area (Å²) in [6.45, 7) is 2.97. The van der Waals surface area contributed by atoms with E-state index in [1.54, 1.807) is 0 Å². The summed E-state index contributed by atoms with van der Waals surface area (Å²) in [4.78, 5) is 23.5. The lowest BCUT2D eigenvalue weighted by molar-refractivity contribution is -0.138. The van der Waals surface area contributed by atoms with Crippen molar-refractivity contribution < 1.29 is 19.4 Å². The standard InChI is InChI=1S/C17H23NO4/c1-13(7-8-15(19)20)18-16(21)17(9-11-22-12-10-17)14-5-3-2-4-6-14/h2-6,13H,7-12H2,1H3,(H,18,21)(H,19,20). The number of hydrogen-bond donors (Lipinski definition) is 2. The molecule has 2 rings (SSSR count). The zero-order valence-electron chi connectivity index (χ0n) is 12.9. The predicted octanol–water partition coefficient (Wildman–Crippen LogP) is 2.10. The fourth-order valence-corrected chi connectivity index (χ4v) is 2.90. The quantitative estimate of drug-likeness (QED) is 0.844. The van der Waals surface area contributed by atoms with Crippen LogP contribution < -0.4 is 5.32 Å². The van der Waals surface area contributed by atoms with E-state index in [4.69, 9.17) is 9.84 Å². The Kier molecular flexibility index (Phi) is 5.55. The van der Waals surface area contributed by atoms with Crippen LogP contribution in [-0.4, -0.2) is 36.2 Å². The van der Waals surface area contributed by atoms with Gasteiger partial charge >= 0.3 is 5.97 Å². The third-order valence-electron chi connectivity index (χ3n) is 4.28. The molecule has 1 aliphatic rings. The second kappa shape index (κ2) is 7.40. The molecule has 1 atom stereocenters. The second-order valence-corrected chi connectivity index (χ2v) is 5.87. The Morgan fingerprint density at radius 1 is 1.27 bits per heavy atom. The molecule has 1 amide bonds. The van der Waals surface area contributed by atoms with Crippen LogP contribution in [-0.2, 0) is 19.7 Å². The van der Waals surface area contributed by atoms with E-state index in [0.29, 0.717) is 32.5 Å². The number of amides is 1. The van der Waals surface area contributed by atoms with Crippen LogP contribution in [0.4, 0.5) is 0 Å². The monoisotopic (exact) mass is 305 g/mol. The molecule has 1 heterocycles. The fraction of sp³-hybridized carbons (Fsp3) is 0.529. The fourth-order valence-electron chi connectivity index (χ4n) is 2.90. The predicted molar refractivity (Wildman–Crippen MR) is 82.6 cm³/mol. The van der Waals surface area contributed by atoms with Gasteiger partial charge in [0.05, 0.1) is 5.41 Å². The molecule has 1 aromatic rings. The molecule has 1 aromatic carbocycles. The highest BCUT2D eigenvalue weighted by atomic mass is 16.5. The Morgan fingerprint density at radius 3 is 2.50 bits per heavy atom. The maximum atomic E-state index is 12.9. The van der Waals surface area contributed by atoms with Crippen LogP contribution in [0.25, 0.3) is 0 Å². The van der Waals surface area contributed by atoms with Crippen LogP contribution in [0.15, 0.2) is 30.3 Å². The molecule has 1 unspecified atom stereocenters.